The summed E-state index contributed by atoms with van der Waals surface area (Å²) in [5.41, 5.74) is 0.108. The Morgan fingerprint density at radius 1 is 1.47 bits per heavy atom. The Kier molecular flexibility index (Phi) is 5.39. The molecule has 0 aromatic heterocycles. The molecule has 0 bridgehead atoms. The van der Waals surface area contributed by atoms with Crippen molar-refractivity contribution in [1.82, 2.24) is 10.2 Å². The zero-order valence-electron chi connectivity index (χ0n) is 11.9. The van der Waals surface area contributed by atoms with Gasteiger partial charge in [0.1, 0.15) is 0 Å². The molecule has 1 fully saturated rings. The second kappa shape index (κ2) is 6.59. The van der Waals surface area contributed by atoms with Crippen LogP contribution < -0.4 is 5.32 Å². The van der Waals surface area contributed by atoms with Crippen LogP contribution in [0.25, 0.3) is 0 Å². The van der Waals surface area contributed by atoms with E-state index in [0.717, 1.165) is 18.4 Å². The van der Waals surface area contributed by atoms with Crippen molar-refractivity contribution in [2.75, 3.05) is 19.6 Å². The summed E-state index contributed by atoms with van der Waals surface area (Å²) in [5, 5.41) is 12.2. The Morgan fingerprint density at radius 2 is 2.16 bits per heavy atom. The molecule has 0 aliphatic carbocycles. The number of piperidine rings is 1. The van der Waals surface area contributed by atoms with Gasteiger partial charge in [-0.2, -0.15) is 0 Å². The molecule has 1 rings (SSSR count). The monoisotopic (exact) mass is 268 g/mol. The summed E-state index contributed by atoms with van der Waals surface area (Å²) in [6.07, 6.45) is 2.83. The number of carbonyl (C=O) groups is 2. The molecule has 1 aliphatic heterocycles. The average molecular weight is 268 g/mol. The number of aliphatic carboxylic acids is 1. The number of rotatable bonds is 5. The van der Waals surface area contributed by atoms with Crippen molar-refractivity contribution in [2.24, 2.45) is 5.41 Å². The summed E-state index contributed by atoms with van der Waals surface area (Å²) in [5.74, 6) is -0.785. The molecule has 1 aliphatic rings. The van der Waals surface area contributed by atoms with Gasteiger partial charge in [0, 0.05) is 19.6 Å². The fourth-order valence-corrected chi connectivity index (χ4v) is 2.61. The Bertz CT molecular complexity index is 364. The lowest BCUT2D eigenvalue weighted by Crippen LogP contribution is -2.52. The van der Waals surface area contributed by atoms with E-state index in [0.29, 0.717) is 32.5 Å². The van der Waals surface area contributed by atoms with Crippen LogP contribution in [-0.2, 0) is 4.79 Å². The van der Waals surface area contributed by atoms with Gasteiger partial charge in [-0.3, -0.25) is 4.79 Å². The van der Waals surface area contributed by atoms with Gasteiger partial charge < -0.3 is 15.3 Å². The van der Waals surface area contributed by atoms with Gasteiger partial charge in [-0.05, 0) is 26.2 Å². The van der Waals surface area contributed by atoms with E-state index in [9.17, 15) is 14.7 Å². The second-order valence-electron chi connectivity index (χ2n) is 5.48. The number of nitrogens with zero attached hydrogens (tertiary/aromatic N) is 1. The van der Waals surface area contributed by atoms with E-state index in [1.165, 1.54) is 0 Å². The van der Waals surface area contributed by atoms with Crippen LogP contribution in [0, 0.1) is 5.41 Å². The molecule has 19 heavy (non-hydrogen) atoms. The standard InChI is InChI=1S/C14H24N2O3/c1-4-6-14(12(17)18)7-5-8-16(10-14)13(19)15-9-11(2)3/h2,4-10H2,1,3H3,(H,15,19)(H,17,18). The van der Waals surface area contributed by atoms with E-state index < -0.39 is 11.4 Å². The molecule has 1 heterocycles. The Hall–Kier alpha value is -1.52. The van der Waals surface area contributed by atoms with E-state index in [1.807, 2.05) is 13.8 Å². The van der Waals surface area contributed by atoms with E-state index in [1.54, 1.807) is 4.90 Å². The van der Waals surface area contributed by atoms with E-state index in [2.05, 4.69) is 11.9 Å². The van der Waals surface area contributed by atoms with Crippen molar-refractivity contribution in [3.05, 3.63) is 12.2 Å². The zero-order valence-corrected chi connectivity index (χ0v) is 11.9. The lowest BCUT2D eigenvalue weighted by molar-refractivity contribution is -0.152. The predicted octanol–water partition coefficient (Wildman–Crippen LogP) is 2.24. The number of hydrogen-bond acceptors (Lipinski definition) is 2. The van der Waals surface area contributed by atoms with E-state index in [4.69, 9.17) is 0 Å². The minimum absolute atomic E-state index is 0.190. The lowest BCUT2D eigenvalue weighted by Gasteiger charge is -2.39. The molecule has 0 aromatic rings. The maximum absolute atomic E-state index is 12.0. The molecule has 2 N–H and O–H groups in total. The number of carboxylic acids is 1. The minimum atomic E-state index is -0.785. The number of urea groups is 1. The Balaban J connectivity index is 2.69. The molecule has 0 spiro atoms. The summed E-state index contributed by atoms with van der Waals surface area (Å²) in [6, 6.07) is -0.190. The Labute approximate surface area is 114 Å². The van der Waals surface area contributed by atoms with Crippen LogP contribution in [-0.4, -0.2) is 41.6 Å². The lowest BCUT2D eigenvalue weighted by atomic mass is 9.76. The van der Waals surface area contributed by atoms with Crippen molar-refractivity contribution in [3.8, 4) is 0 Å². The fraction of sp³-hybridized carbons (Fsp3) is 0.714. The van der Waals surface area contributed by atoms with Crippen LogP contribution in [0.3, 0.4) is 0 Å². The second-order valence-corrected chi connectivity index (χ2v) is 5.48. The first-order chi connectivity index (χ1) is 8.91. The molecule has 5 nitrogen and oxygen atoms in total. The number of hydrogen-bond donors (Lipinski definition) is 2. The molecular weight excluding hydrogens is 244 g/mol. The first-order valence-corrected chi connectivity index (χ1v) is 6.82. The number of likely N-dealkylation sites (tertiary alicyclic amines) is 1. The quantitative estimate of drug-likeness (QED) is 0.751. The molecule has 2 amide bonds. The average Bonchev–Trinajstić information content (AvgIpc) is 2.36. The largest absolute Gasteiger partial charge is 0.481 e. The van der Waals surface area contributed by atoms with E-state index >= 15 is 0 Å². The molecule has 1 saturated heterocycles. The van der Waals surface area contributed by atoms with Gasteiger partial charge in [0.05, 0.1) is 5.41 Å². The third kappa shape index (κ3) is 3.98. The highest BCUT2D eigenvalue weighted by Crippen LogP contribution is 2.35. The summed E-state index contributed by atoms with van der Waals surface area (Å²) >= 11 is 0. The molecule has 5 heteroatoms. The highest BCUT2D eigenvalue weighted by Gasteiger charge is 2.42. The highest BCUT2D eigenvalue weighted by atomic mass is 16.4. The van der Waals surface area contributed by atoms with Crippen LogP contribution in [0.4, 0.5) is 4.79 Å². The minimum Gasteiger partial charge on any atom is -0.481 e. The van der Waals surface area contributed by atoms with Gasteiger partial charge in [-0.1, -0.05) is 25.5 Å². The number of amides is 2. The van der Waals surface area contributed by atoms with Gasteiger partial charge in [0.25, 0.3) is 0 Å². The summed E-state index contributed by atoms with van der Waals surface area (Å²) < 4.78 is 0. The van der Waals surface area contributed by atoms with Crippen molar-refractivity contribution in [3.63, 3.8) is 0 Å². The summed E-state index contributed by atoms with van der Waals surface area (Å²) in [7, 11) is 0. The molecule has 108 valence electrons. The first-order valence-electron chi connectivity index (χ1n) is 6.82. The highest BCUT2D eigenvalue weighted by molar-refractivity contribution is 5.78. The smallest absolute Gasteiger partial charge is 0.317 e. The number of nitrogens with one attached hydrogen (secondary N) is 1. The maximum Gasteiger partial charge on any atom is 0.317 e. The van der Waals surface area contributed by atoms with Crippen LogP contribution >= 0.6 is 0 Å². The SMILES string of the molecule is C=C(C)CNC(=O)N1CCCC(CCC)(C(=O)O)C1. The third-order valence-electron chi connectivity index (χ3n) is 3.59. The van der Waals surface area contributed by atoms with Crippen LogP contribution in [0.15, 0.2) is 12.2 Å². The third-order valence-corrected chi connectivity index (χ3v) is 3.59. The van der Waals surface area contributed by atoms with Crippen molar-refractivity contribution < 1.29 is 14.7 Å². The molecule has 0 saturated carbocycles. The number of carbonyl (C=O) groups excluding carboxylic acids is 1. The Morgan fingerprint density at radius 3 is 2.68 bits per heavy atom. The van der Waals surface area contributed by atoms with Crippen LogP contribution in [0.2, 0.25) is 0 Å². The van der Waals surface area contributed by atoms with E-state index in [-0.39, 0.29) is 6.03 Å². The zero-order chi connectivity index (χ0) is 14.5. The topological polar surface area (TPSA) is 69.6 Å². The predicted molar refractivity (Wildman–Crippen MR) is 74.0 cm³/mol. The van der Waals surface area contributed by atoms with Gasteiger partial charge >= 0.3 is 12.0 Å². The van der Waals surface area contributed by atoms with Gasteiger partial charge in [0.15, 0.2) is 0 Å². The fourth-order valence-electron chi connectivity index (χ4n) is 2.61. The van der Waals surface area contributed by atoms with Gasteiger partial charge in [-0.15, -0.1) is 0 Å². The number of carboxylic acid groups (broad SMARTS) is 1. The van der Waals surface area contributed by atoms with Crippen molar-refractivity contribution in [2.45, 2.75) is 39.5 Å². The molecule has 1 unspecified atom stereocenters. The normalized spacial score (nSPS) is 22.9. The molecule has 1 atom stereocenters. The van der Waals surface area contributed by atoms with Crippen LogP contribution in [0.5, 0.6) is 0 Å². The summed E-state index contributed by atoms with van der Waals surface area (Å²) in [4.78, 5) is 25.1. The van der Waals surface area contributed by atoms with Crippen molar-refractivity contribution >= 4 is 12.0 Å². The van der Waals surface area contributed by atoms with Gasteiger partial charge in [0.2, 0.25) is 0 Å². The van der Waals surface area contributed by atoms with Crippen molar-refractivity contribution in [1.29, 1.82) is 0 Å². The van der Waals surface area contributed by atoms with Crippen LogP contribution in [0.1, 0.15) is 39.5 Å². The molecule has 0 radical (unpaired) electrons. The maximum atomic E-state index is 12.0. The van der Waals surface area contributed by atoms with Gasteiger partial charge in [-0.25, -0.2) is 4.79 Å². The molecular formula is C14H24N2O3. The summed E-state index contributed by atoms with van der Waals surface area (Å²) in [6.45, 7) is 8.91. The first kappa shape index (κ1) is 15.5. The molecule has 0 aromatic carbocycles.